The average molecular weight is 390 g/mol. The summed E-state index contributed by atoms with van der Waals surface area (Å²) in [5.74, 6) is 0.958. The molecule has 0 spiro atoms. The number of morpholine rings is 1. The smallest absolute Gasteiger partial charge is 0.220 e. The quantitative estimate of drug-likeness (QED) is 0.703. The molecule has 2 aliphatic rings. The van der Waals surface area contributed by atoms with Gasteiger partial charge in [-0.15, -0.1) is 0 Å². The van der Waals surface area contributed by atoms with Crippen LogP contribution in [0.25, 0.3) is 11.0 Å². The number of ether oxygens (including phenoxy) is 1. The minimum absolute atomic E-state index is 0.0934. The number of carbonyl (C=O) groups excluding carboxylic acids is 1. The lowest BCUT2D eigenvalue weighted by Gasteiger charge is -2.35. The molecule has 3 heterocycles. The molecule has 2 aromatic carbocycles. The Bertz CT molecular complexity index is 954. The molecule has 0 bridgehead atoms. The van der Waals surface area contributed by atoms with E-state index >= 15 is 0 Å². The number of nitrogens with zero attached hydrogens (tertiary/aromatic N) is 2. The summed E-state index contributed by atoms with van der Waals surface area (Å²) < 4.78 is 6.10. The zero-order valence-electron chi connectivity index (χ0n) is 16.4. The van der Waals surface area contributed by atoms with Crippen LogP contribution in [0.1, 0.15) is 30.3 Å². The number of aromatic nitrogens is 2. The van der Waals surface area contributed by atoms with Crippen LogP contribution in [-0.4, -0.2) is 52.6 Å². The van der Waals surface area contributed by atoms with E-state index < -0.39 is 0 Å². The van der Waals surface area contributed by atoms with Crippen LogP contribution in [-0.2, 0) is 16.0 Å². The van der Waals surface area contributed by atoms with Gasteiger partial charge < -0.3 is 15.0 Å². The normalized spacial score (nSPS) is 24.5. The van der Waals surface area contributed by atoms with Gasteiger partial charge in [0.15, 0.2) is 0 Å². The van der Waals surface area contributed by atoms with E-state index in [4.69, 9.17) is 4.74 Å². The lowest BCUT2D eigenvalue weighted by Crippen LogP contribution is -2.43. The number of amides is 1. The van der Waals surface area contributed by atoms with Crippen LogP contribution in [0.15, 0.2) is 54.6 Å². The van der Waals surface area contributed by atoms with Gasteiger partial charge in [-0.1, -0.05) is 42.5 Å². The van der Waals surface area contributed by atoms with Gasteiger partial charge in [0.1, 0.15) is 5.82 Å². The Labute approximate surface area is 170 Å². The van der Waals surface area contributed by atoms with Gasteiger partial charge in [0, 0.05) is 38.0 Å². The van der Waals surface area contributed by atoms with Gasteiger partial charge in [-0.3, -0.25) is 9.69 Å². The predicted molar refractivity (Wildman–Crippen MR) is 111 cm³/mol. The second kappa shape index (κ2) is 7.97. The average Bonchev–Trinajstić information content (AvgIpc) is 3.35. The van der Waals surface area contributed by atoms with E-state index in [0.717, 1.165) is 43.0 Å². The molecule has 5 rings (SSSR count). The first kappa shape index (κ1) is 18.3. The monoisotopic (exact) mass is 390 g/mol. The molecule has 29 heavy (non-hydrogen) atoms. The van der Waals surface area contributed by atoms with Crippen molar-refractivity contribution in [2.45, 2.75) is 37.5 Å². The Hall–Kier alpha value is -2.70. The fourth-order valence-electron chi connectivity index (χ4n) is 4.50. The molecular weight excluding hydrogens is 364 g/mol. The highest BCUT2D eigenvalue weighted by Gasteiger charge is 2.38. The number of nitrogens with one attached hydrogen (secondary N) is 2. The maximum atomic E-state index is 12.5. The fourth-order valence-corrected chi connectivity index (χ4v) is 4.50. The van der Waals surface area contributed by atoms with Crippen LogP contribution >= 0.6 is 0 Å². The molecule has 3 atom stereocenters. The lowest BCUT2D eigenvalue weighted by atomic mass is 10.1. The van der Waals surface area contributed by atoms with Crippen molar-refractivity contribution in [3.05, 3.63) is 66.0 Å². The molecule has 0 saturated carbocycles. The molecule has 1 amide bonds. The van der Waals surface area contributed by atoms with Gasteiger partial charge in [-0.05, 0) is 24.1 Å². The first-order chi connectivity index (χ1) is 14.2. The molecule has 3 aromatic rings. The van der Waals surface area contributed by atoms with Crippen molar-refractivity contribution < 1.29 is 9.53 Å². The topological polar surface area (TPSA) is 70.2 Å². The van der Waals surface area contributed by atoms with E-state index in [2.05, 4.69) is 44.5 Å². The highest BCUT2D eigenvalue weighted by molar-refractivity contribution is 5.77. The summed E-state index contributed by atoms with van der Waals surface area (Å²) >= 11 is 0. The molecule has 0 aliphatic carbocycles. The molecule has 2 N–H and O–H groups in total. The molecule has 6 nitrogen and oxygen atoms in total. The number of aryl methyl sites for hydroxylation is 1. The number of hydrogen-bond donors (Lipinski definition) is 2. The van der Waals surface area contributed by atoms with Gasteiger partial charge in [0.05, 0.1) is 23.7 Å². The van der Waals surface area contributed by atoms with Crippen molar-refractivity contribution in [1.29, 1.82) is 0 Å². The summed E-state index contributed by atoms with van der Waals surface area (Å²) in [6.07, 6.45) is 2.15. The van der Waals surface area contributed by atoms with E-state index in [1.807, 2.05) is 30.3 Å². The predicted octanol–water partition coefficient (Wildman–Crippen LogP) is 2.83. The highest BCUT2D eigenvalue weighted by Crippen LogP contribution is 2.30. The number of carbonyl (C=O) groups is 1. The zero-order valence-corrected chi connectivity index (χ0v) is 16.4. The van der Waals surface area contributed by atoms with E-state index in [-0.39, 0.29) is 18.1 Å². The summed E-state index contributed by atoms with van der Waals surface area (Å²) in [5, 5.41) is 3.22. The standard InChI is InChI=1S/C23H26N4O2/c28-23(11-10-22-25-19-8-4-5-9-20(19)26-22)24-17-12-18-15-29-21(14-27(18)13-17)16-6-2-1-3-7-16/h1-9,17-18,21H,10-15H2,(H,24,28)(H,25,26)/t17-,18+,21-/m1/s1. The highest BCUT2D eigenvalue weighted by atomic mass is 16.5. The number of fused-ring (bicyclic) bond motifs is 2. The first-order valence-electron chi connectivity index (χ1n) is 10.4. The van der Waals surface area contributed by atoms with Gasteiger partial charge in [-0.25, -0.2) is 4.98 Å². The van der Waals surface area contributed by atoms with Crippen LogP contribution in [0.5, 0.6) is 0 Å². The van der Waals surface area contributed by atoms with Crippen LogP contribution in [0.2, 0.25) is 0 Å². The summed E-state index contributed by atoms with van der Waals surface area (Å²) in [6, 6.07) is 18.9. The lowest BCUT2D eigenvalue weighted by molar-refractivity contribution is -0.121. The van der Waals surface area contributed by atoms with Gasteiger partial charge >= 0.3 is 0 Å². The van der Waals surface area contributed by atoms with Gasteiger partial charge in [0.25, 0.3) is 0 Å². The second-order valence-corrected chi connectivity index (χ2v) is 8.04. The SMILES string of the molecule is O=C(CCc1nc2ccccc2[nH]1)N[C@@H]1C[C@H]2CO[C@@H](c3ccccc3)CN2C1. The number of para-hydroxylation sites is 2. The Morgan fingerprint density at radius 3 is 2.83 bits per heavy atom. The summed E-state index contributed by atoms with van der Waals surface area (Å²) in [7, 11) is 0. The Morgan fingerprint density at radius 2 is 1.97 bits per heavy atom. The number of imidazole rings is 1. The van der Waals surface area contributed by atoms with Crippen LogP contribution in [0.3, 0.4) is 0 Å². The number of benzene rings is 2. The minimum Gasteiger partial charge on any atom is -0.371 e. The third-order valence-electron chi connectivity index (χ3n) is 5.98. The molecule has 2 saturated heterocycles. The molecule has 2 aliphatic heterocycles. The third kappa shape index (κ3) is 4.04. The van der Waals surface area contributed by atoms with Gasteiger partial charge in [0.2, 0.25) is 5.91 Å². The number of hydrogen-bond acceptors (Lipinski definition) is 4. The molecular formula is C23H26N4O2. The number of aromatic amines is 1. The van der Waals surface area contributed by atoms with Gasteiger partial charge in [-0.2, -0.15) is 0 Å². The van der Waals surface area contributed by atoms with E-state index in [1.54, 1.807) is 0 Å². The molecule has 6 heteroatoms. The zero-order chi connectivity index (χ0) is 19.6. The number of H-pyrrole nitrogens is 1. The summed E-state index contributed by atoms with van der Waals surface area (Å²) in [4.78, 5) is 22.8. The van der Waals surface area contributed by atoms with Crippen molar-refractivity contribution in [3.8, 4) is 0 Å². The van der Waals surface area contributed by atoms with Crippen molar-refractivity contribution in [2.75, 3.05) is 19.7 Å². The van der Waals surface area contributed by atoms with Crippen molar-refractivity contribution in [3.63, 3.8) is 0 Å². The van der Waals surface area contributed by atoms with E-state index in [9.17, 15) is 4.79 Å². The molecule has 1 aromatic heterocycles. The van der Waals surface area contributed by atoms with Crippen molar-refractivity contribution >= 4 is 16.9 Å². The number of rotatable bonds is 5. The van der Waals surface area contributed by atoms with Crippen LogP contribution < -0.4 is 5.32 Å². The van der Waals surface area contributed by atoms with Crippen molar-refractivity contribution in [1.82, 2.24) is 20.2 Å². The molecule has 150 valence electrons. The first-order valence-corrected chi connectivity index (χ1v) is 10.4. The maximum Gasteiger partial charge on any atom is 0.220 e. The van der Waals surface area contributed by atoms with Crippen LogP contribution in [0.4, 0.5) is 0 Å². The van der Waals surface area contributed by atoms with Crippen molar-refractivity contribution in [2.24, 2.45) is 0 Å². The van der Waals surface area contributed by atoms with E-state index in [0.29, 0.717) is 18.9 Å². The Balaban J connectivity index is 1.12. The largest absolute Gasteiger partial charge is 0.371 e. The maximum absolute atomic E-state index is 12.5. The Morgan fingerprint density at radius 1 is 1.14 bits per heavy atom. The van der Waals surface area contributed by atoms with E-state index in [1.165, 1.54) is 5.56 Å². The third-order valence-corrected chi connectivity index (χ3v) is 5.98. The second-order valence-electron chi connectivity index (χ2n) is 8.04. The Kier molecular flexibility index (Phi) is 5.04. The summed E-state index contributed by atoms with van der Waals surface area (Å²) in [5.41, 5.74) is 3.19. The minimum atomic E-state index is 0.0934. The fraction of sp³-hybridized carbons (Fsp3) is 0.391. The molecule has 2 fully saturated rings. The molecule has 0 unspecified atom stereocenters. The van der Waals surface area contributed by atoms with Crippen LogP contribution in [0, 0.1) is 0 Å². The summed E-state index contributed by atoms with van der Waals surface area (Å²) in [6.45, 7) is 2.51. The molecule has 0 radical (unpaired) electrons.